The van der Waals surface area contributed by atoms with Crippen LogP contribution in [-0.2, 0) is 11.8 Å². The van der Waals surface area contributed by atoms with Crippen molar-refractivity contribution in [3.63, 3.8) is 0 Å². The molecule has 4 N–H and O–H groups in total. The molecule has 16 heteroatoms. The van der Waals surface area contributed by atoms with Gasteiger partial charge in [0, 0.05) is 90.2 Å². The number of piperidine rings is 1. The average molecular weight is 798 g/mol. The number of hydrogen-bond acceptors (Lipinski definition) is 9. The van der Waals surface area contributed by atoms with Gasteiger partial charge in [0.15, 0.2) is 0 Å². The smallest absolute Gasteiger partial charge is 0.386 e. The fourth-order valence-electron chi connectivity index (χ4n) is 9.40. The molecule has 2 bridgehead atoms. The summed E-state index contributed by atoms with van der Waals surface area (Å²) >= 11 is 0. The number of halogens is 3. The first-order valence-electron chi connectivity index (χ1n) is 19.9. The molecular formula is C42H46F3N9O4. The highest BCUT2D eigenvalue weighted by Crippen LogP contribution is 2.42. The fourth-order valence-corrected chi connectivity index (χ4v) is 9.40. The van der Waals surface area contributed by atoms with Crippen LogP contribution in [0.3, 0.4) is 0 Å². The number of nitrogens with zero attached hydrogens (tertiary/aromatic N) is 7. The van der Waals surface area contributed by atoms with E-state index in [1.807, 2.05) is 29.2 Å². The number of aliphatic hydroxyl groups excluding tert-OH is 1. The molecule has 1 saturated carbocycles. The molecule has 2 aromatic carbocycles. The number of pyridine rings is 2. The van der Waals surface area contributed by atoms with E-state index in [1.54, 1.807) is 37.1 Å². The van der Waals surface area contributed by atoms with Crippen molar-refractivity contribution in [2.24, 2.45) is 5.92 Å². The van der Waals surface area contributed by atoms with Gasteiger partial charge in [0.1, 0.15) is 17.6 Å². The average Bonchev–Trinajstić information content (AvgIpc) is 3.62. The molecule has 4 aliphatic heterocycles. The fraction of sp³-hybridized carbons (Fsp3) is 0.452. The number of nitrogens with one attached hydrogen (secondary N) is 2. The molecule has 5 aromatic rings. The summed E-state index contributed by atoms with van der Waals surface area (Å²) in [6, 6.07) is 13.6. The molecule has 0 radical (unpaired) electrons. The first-order valence-corrected chi connectivity index (χ1v) is 19.9. The van der Waals surface area contributed by atoms with Crippen molar-refractivity contribution in [2.75, 3.05) is 41.3 Å². The van der Waals surface area contributed by atoms with Crippen LogP contribution < -0.4 is 20.4 Å². The number of piperazine rings is 1. The Morgan fingerprint density at radius 2 is 1.71 bits per heavy atom. The number of aromatic nitrogens is 4. The van der Waals surface area contributed by atoms with Gasteiger partial charge in [0.2, 0.25) is 0 Å². The van der Waals surface area contributed by atoms with Gasteiger partial charge < -0.3 is 25.7 Å². The monoisotopic (exact) mass is 797 g/mol. The van der Waals surface area contributed by atoms with Gasteiger partial charge in [-0.1, -0.05) is 18.2 Å². The number of fused-ring (bicyclic) bond motifs is 4. The van der Waals surface area contributed by atoms with Crippen LogP contribution in [-0.4, -0.2) is 91.3 Å². The summed E-state index contributed by atoms with van der Waals surface area (Å²) in [5, 5.41) is 33.8. The topological polar surface area (TPSA) is 152 Å². The van der Waals surface area contributed by atoms with Gasteiger partial charge in [-0.25, -0.2) is 9.78 Å². The largest absolute Gasteiger partial charge is 0.433 e. The van der Waals surface area contributed by atoms with Crippen molar-refractivity contribution in [1.29, 1.82) is 0 Å². The van der Waals surface area contributed by atoms with Crippen molar-refractivity contribution < 1.29 is 33.0 Å². The summed E-state index contributed by atoms with van der Waals surface area (Å²) in [7, 11) is 0. The Morgan fingerprint density at radius 3 is 2.43 bits per heavy atom. The van der Waals surface area contributed by atoms with E-state index in [-0.39, 0.29) is 23.5 Å². The van der Waals surface area contributed by atoms with Crippen molar-refractivity contribution in [3.8, 4) is 0 Å². The Labute approximate surface area is 332 Å². The zero-order chi connectivity index (χ0) is 40.5. The van der Waals surface area contributed by atoms with E-state index in [1.165, 1.54) is 12.5 Å². The maximum atomic E-state index is 13.3. The number of aliphatic hydroxyl groups is 2. The molecule has 304 valence electrons. The number of amides is 3. The number of alkyl halides is 3. The maximum absolute atomic E-state index is 13.3. The predicted octanol–water partition coefficient (Wildman–Crippen LogP) is 6.41. The van der Waals surface area contributed by atoms with E-state index < -0.39 is 29.6 Å². The summed E-state index contributed by atoms with van der Waals surface area (Å²) in [4.78, 5) is 40.7. The summed E-state index contributed by atoms with van der Waals surface area (Å²) < 4.78 is 41.8. The van der Waals surface area contributed by atoms with Gasteiger partial charge in [-0.3, -0.25) is 24.3 Å². The van der Waals surface area contributed by atoms with Gasteiger partial charge in [-0.05, 0) is 82.2 Å². The summed E-state index contributed by atoms with van der Waals surface area (Å²) in [6.45, 7) is 6.50. The third-order valence-corrected chi connectivity index (χ3v) is 12.4. The van der Waals surface area contributed by atoms with Crippen LogP contribution >= 0.6 is 0 Å². The highest BCUT2D eigenvalue weighted by molar-refractivity contribution is 6.07. The first-order chi connectivity index (χ1) is 27.7. The molecule has 3 unspecified atom stereocenters. The predicted molar refractivity (Wildman–Crippen MR) is 213 cm³/mol. The van der Waals surface area contributed by atoms with Gasteiger partial charge in [0.05, 0.1) is 29.0 Å². The zero-order valence-corrected chi connectivity index (χ0v) is 32.3. The molecule has 4 saturated heterocycles. The van der Waals surface area contributed by atoms with E-state index in [0.29, 0.717) is 42.0 Å². The van der Waals surface area contributed by atoms with E-state index in [0.717, 1.165) is 85.0 Å². The van der Waals surface area contributed by atoms with Crippen LogP contribution in [0.2, 0.25) is 0 Å². The molecule has 3 amide bonds. The summed E-state index contributed by atoms with van der Waals surface area (Å²) in [5.74, 6) is -0.238. The molecule has 3 atom stereocenters. The summed E-state index contributed by atoms with van der Waals surface area (Å²) in [6.07, 6.45) is 5.73. The molecular weight excluding hydrogens is 752 g/mol. The lowest BCUT2D eigenvalue weighted by Crippen LogP contribution is -2.69. The molecule has 13 nitrogen and oxygen atoms in total. The third kappa shape index (κ3) is 7.21. The van der Waals surface area contributed by atoms with Gasteiger partial charge >= 0.3 is 12.2 Å². The van der Waals surface area contributed by atoms with Gasteiger partial charge in [0.25, 0.3) is 5.91 Å². The highest BCUT2D eigenvalue weighted by atomic mass is 19.4. The van der Waals surface area contributed by atoms with Crippen molar-refractivity contribution in [3.05, 3.63) is 84.1 Å². The second-order valence-corrected chi connectivity index (χ2v) is 16.7. The molecule has 10 rings (SSSR count). The van der Waals surface area contributed by atoms with E-state index in [9.17, 15) is 33.0 Å². The lowest BCUT2D eigenvalue weighted by atomic mass is 9.81. The first kappa shape index (κ1) is 38.2. The summed E-state index contributed by atoms with van der Waals surface area (Å²) in [5.41, 5.74) is 0.282. The van der Waals surface area contributed by atoms with E-state index in [4.69, 9.17) is 5.10 Å². The third-order valence-electron chi connectivity index (χ3n) is 12.4. The number of benzene rings is 2. The Bertz CT molecular complexity index is 2380. The minimum Gasteiger partial charge on any atom is -0.386 e. The van der Waals surface area contributed by atoms with Crippen molar-refractivity contribution in [1.82, 2.24) is 30.0 Å². The minimum absolute atomic E-state index is 0.193. The number of carbonyl (C=O) groups excluding carboxylic acids is 2. The molecule has 0 spiro atoms. The lowest BCUT2D eigenvalue weighted by Gasteiger charge is -2.58. The molecule has 3 aromatic heterocycles. The van der Waals surface area contributed by atoms with Crippen LogP contribution in [0, 0.1) is 5.92 Å². The van der Waals surface area contributed by atoms with Crippen LogP contribution in [0.5, 0.6) is 0 Å². The Kier molecular flexibility index (Phi) is 9.55. The molecule has 7 heterocycles. The van der Waals surface area contributed by atoms with Gasteiger partial charge in [-0.15, -0.1) is 0 Å². The normalized spacial score (nSPS) is 24.2. The molecule has 5 fully saturated rings. The minimum atomic E-state index is -4.69. The second-order valence-electron chi connectivity index (χ2n) is 16.7. The Morgan fingerprint density at radius 1 is 0.948 bits per heavy atom. The SMILES string of the molecule is CC(C)(O)c1cc2nn([C@H]3CC[C@H](CN4C5CC4CN(c4cccc6c(N7CCC(O)NC7=O)cncc46)C5)CC3)cc2cc1NC(=O)c1cccc(C(F)(F)F)n1. The highest BCUT2D eigenvalue weighted by Gasteiger charge is 2.46. The molecule has 5 aliphatic rings. The number of rotatable bonds is 8. The van der Waals surface area contributed by atoms with Gasteiger partial charge in [-0.2, -0.15) is 18.3 Å². The molecule has 58 heavy (non-hydrogen) atoms. The number of carbonyl (C=O) groups is 2. The van der Waals surface area contributed by atoms with E-state index >= 15 is 0 Å². The van der Waals surface area contributed by atoms with Crippen LogP contribution in [0.25, 0.3) is 21.7 Å². The van der Waals surface area contributed by atoms with Crippen LogP contribution in [0.4, 0.5) is 35.0 Å². The molecule has 1 aliphatic carbocycles. The quantitative estimate of drug-likeness (QED) is 0.140. The van der Waals surface area contributed by atoms with E-state index in [2.05, 4.69) is 36.5 Å². The lowest BCUT2D eigenvalue weighted by molar-refractivity contribution is -0.141. The number of hydrogen-bond donors (Lipinski definition) is 4. The standard InChI is InChI=1S/C42H46F3N9O4/c1-41(2,58)31-17-33-25(15-34(31)48-39(56)32-6-4-8-37(47-32)42(43,44)45)21-54(50-33)26-11-9-24(10-12-26)20-53-27-16-28(53)23-51(22-27)35-7-3-5-29-30(35)18-46-19-36(29)52-14-13-38(55)49-40(52)57/h3-8,15,17-19,21,24,26-28,38,55,58H,9-14,16,20,22-23H2,1-2H3,(H,48,56)(H,49,57)/t24-,26-,27?,28?,38?. The second kappa shape index (κ2) is 14.5. The number of anilines is 3. The van der Waals surface area contributed by atoms with Crippen LogP contribution in [0.1, 0.15) is 80.2 Å². The maximum Gasteiger partial charge on any atom is 0.433 e. The van der Waals surface area contributed by atoms with Crippen molar-refractivity contribution >= 4 is 50.7 Å². The van der Waals surface area contributed by atoms with Crippen molar-refractivity contribution in [2.45, 2.75) is 88.5 Å². The van der Waals surface area contributed by atoms with Crippen LogP contribution in [0.15, 0.2) is 67.1 Å². The zero-order valence-electron chi connectivity index (χ0n) is 32.3. The number of urea groups is 1. The Balaban J connectivity index is 0.838. The Hall–Kier alpha value is -5.32.